The van der Waals surface area contributed by atoms with E-state index < -0.39 is 0 Å². The zero-order valence-corrected chi connectivity index (χ0v) is 9.95. The molecule has 0 radical (unpaired) electrons. The van der Waals surface area contributed by atoms with Crippen LogP contribution in [0.3, 0.4) is 0 Å². The van der Waals surface area contributed by atoms with Crippen LogP contribution >= 0.6 is 0 Å². The van der Waals surface area contributed by atoms with Gasteiger partial charge in [0.05, 0.1) is 0 Å². The van der Waals surface area contributed by atoms with E-state index in [0.717, 1.165) is 12.8 Å². The third-order valence-corrected chi connectivity index (χ3v) is 3.59. The van der Waals surface area contributed by atoms with Crippen LogP contribution in [0.15, 0.2) is 16.9 Å². The molecule has 1 aromatic heterocycles. The highest BCUT2D eigenvalue weighted by Crippen LogP contribution is 2.38. The molecule has 0 saturated heterocycles. The molecule has 0 aliphatic heterocycles. The molecule has 0 spiro atoms. The number of carbonyl (C=O) groups excluding carboxylic acids is 1. The van der Waals surface area contributed by atoms with Crippen LogP contribution in [0, 0.1) is 5.41 Å². The van der Waals surface area contributed by atoms with Crippen molar-refractivity contribution >= 4 is 11.7 Å². The zero-order chi connectivity index (χ0) is 12.1. The summed E-state index contributed by atoms with van der Waals surface area (Å²) in [6.45, 7) is 0.583. The van der Waals surface area contributed by atoms with Crippen molar-refractivity contribution in [2.75, 3.05) is 11.9 Å². The highest BCUT2D eigenvalue weighted by molar-refractivity contribution is 5.90. The lowest BCUT2D eigenvalue weighted by Gasteiger charge is -2.35. The van der Waals surface area contributed by atoms with Crippen LogP contribution in [-0.4, -0.2) is 17.6 Å². The maximum Gasteiger partial charge on any atom is 0.226 e. The fraction of sp³-hybridized carbons (Fsp3) is 0.667. The van der Waals surface area contributed by atoms with E-state index in [4.69, 9.17) is 5.73 Å². The quantitative estimate of drug-likeness (QED) is 0.838. The van der Waals surface area contributed by atoms with E-state index in [1.54, 1.807) is 6.07 Å². The summed E-state index contributed by atoms with van der Waals surface area (Å²) in [5.74, 6) is 0.448. The Morgan fingerprint density at radius 1 is 1.47 bits per heavy atom. The third kappa shape index (κ3) is 3.06. The molecule has 94 valence electrons. The lowest BCUT2D eigenvalue weighted by atomic mass is 9.71. The summed E-state index contributed by atoms with van der Waals surface area (Å²) in [7, 11) is 0. The van der Waals surface area contributed by atoms with Gasteiger partial charge in [0.15, 0.2) is 5.82 Å². The fourth-order valence-corrected chi connectivity index (χ4v) is 2.56. The van der Waals surface area contributed by atoms with E-state index in [1.165, 1.54) is 25.5 Å². The van der Waals surface area contributed by atoms with Crippen molar-refractivity contribution in [1.82, 2.24) is 5.16 Å². The van der Waals surface area contributed by atoms with E-state index in [9.17, 15) is 4.79 Å². The lowest BCUT2D eigenvalue weighted by Crippen LogP contribution is -2.36. The van der Waals surface area contributed by atoms with Gasteiger partial charge < -0.3 is 15.6 Å². The van der Waals surface area contributed by atoms with Crippen LogP contribution < -0.4 is 11.1 Å². The minimum absolute atomic E-state index is 0.00787. The highest BCUT2D eigenvalue weighted by atomic mass is 16.5. The maximum atomic E-state index is 11.9. The van der Waals surface area contributed by atoms with Crippen molar-refractivity contribution in [2.24, 2.45) is 11.1 Å². The molecule has 1 aliphatic rings. The summed E-state index contributed by atoms with van der Waals surface area (Å²) in [5.41, 5.74) is 5.84. The molecule has 1 saturated carbocycles. The van der Waals surface area contributed by atoms with Crippen molar-refractivity contribution in [3.63, 3.8) is 0 Å². The van der Waals surface area contributed by atoms with Gasteiger partial charge in [0, 0.05) is 12.5 Å². The molecule has 1 fully saturated rings. The molecular weight excluding hydrogens is 218 g/mol. The van der Waals surface area contributed by atoms with Crippen LogP contribution in [0.25, 0.3) is 0 Å². The Labute approximate surface area is 101 Å². The molecule has 5 heteroatoms. The van der Waals surface area contributed by atoms with Crippen LogP contribution in [0.5, 0.6) is 0 Å². The molecule has 1 aromatic rings. The van der Waals surface area contributed by atoms with Gasteiger partial charge >= 0.3 is 0 Å². The smallest absolute Gasteiger partial charge is 0.226 e. The molecule has 0 unspecified atom stereocenters. The van der Waals surface area contributed by atoms with Crippen molar-refractivity contribution in [3.05, 3.63) is 12.3 Å². The average Bonchev–Trinajstić information content (AvgIpc) is 2.83. The second-order valence-corrected chi connectivity index (χ2v) is 4.87. The van der Waals surface area contributed by atoms with Crippen molar-refractivity contribution in [1.29, 1.82) is 0 Å². The summed E-state index contributed by atoms with van der Waals surface area (Å²) >= 11 is 0. The molecule has 1 heterocycles. The fourth-order valence-electron chi connectivity index (χ4n) is 2.56. The second-order valence-electron chi connectivity index (χ2n) is 4.87. The Kier molecular flexibility index (Phi) is 3.78. The number of hydrogen-bond donors (Lipinski definition) is 2. The van der Waals surface area contributed by atoms with Gasteiger partial charge in [-0.3, -0.25) is 4.79 Å². The average molecular weight is 237 g/mol. The first-order chi connectivity index (χ1) is 8.24. The molecule has 3 N–H and O–H groups in total. The zero-order valence-electron chi connectivity index (χ0n) is 9.95. The first-order valence-electron chi connectivity index (χ1n) is 6.14. The molecule has 0 atom stereocenters. The van der Waals surface area contributed by atoms with Gasteiger partial charge in [-0.1, -0.05) is 24.4 Å². The van der Waals surface area contributed by atoms with E-state index >= 15 is 0 Å². The van der Waals surface area contributed by atoms with E-state index in [-0.39, 0.29) is 11.3 Å². The standard InChI is InChI=1S/C12H19N3O2/c13-9-12(5-2-1-3-6-12)8-11(16)14-10-4-7-17-15-10/h4,7H,1-3,5-6,8-9,13H2,(H,14,15,16). The number of hydrogen-bond acceptors (Lipinski definition) is 4. The van der Waals surface area contributed by atoms with Gasteiger partial charge in [0.25, 0.3) is 0 Å². The van der Waals surface area contributed by atoms with Crippen LogP contribution in [0.2, 0.25) is 0 Å². The van der Waals surface area contributed by atoms with Crippen molar-refractivity contribution in [2.45, 2.75) is 38.5 Å². The molecule has 5 nitrogen and oxygen atoms in total. The topological polar surface area (TPSA) is 81.2 Å². The normalized spacial score (nSPS) is 18.9. The van der Waals surface area contributed by atoms with Gasteiger partial charge in [-0.25, -0.2) is 0 Å². The van der Waals surface area contributed by atoms with Crippen LogP contribution in [0.1, 0.15) is 38.5 Å². The Morgan fingerprint density at radius 2 is 2.24 bits per heavy atom. The molecule has 0 aromatic carbocycles. The number of nitrogens with two attached hydrogens (primary N) is 1. The number of carbonyl (C=O) groups is 1. The second kappa shape index (κ2) is 5.31. The van der Waals surface area contributed by atoms with E-state index in [0.29, 0.717) is 18.8 Å². The summed E-state index contributed by atoms with van der Waals surface area (Å²) in [6, 6.07) is 1.63. The van der Waals surface area contributed by atoms with Crippen molar-refractivity contribution < 1.29 is 9.32 Å². The number of rotatable bonds is 4. The minimum atomic E-state index is -0.0220. The predicted octanol–water partition coefficient (Wildman–Crippen LogP) is 1.91. The summed E-state index contributed by atoms with van der Waals surface area (Å²) in [5, 5.41) is 6.39. The Balaban J connectivity index is 1.91. The van der Waals surface area contributed by atoms with E-state index in [2.05, 4.69) is 15.0 Å². The van der Waals surface area contributed by atoms with Crippen LogP contribution in [0.4, 0.5) is 5.82 Å². The first-order valence-corrected chi connectivity index (χ1v) is 6.14. The number of nitrogens with zero attached hydrogens (tertiary/aromatic N) is 1. The van der Waals surface area contributed by atoms with Gasteiger partial charge in [-0.15, -0.1) is 0 Å². The van der Waals surface area contributed by atoms with E-state index in [1.807, 2.05) is 0 Å². The molecule has 1 amide bonds. The van der Waals surface area contributed by atoms with Gasteiger partial charge in [-0.05, 0) is 24.8 Å². The van der Waals surface area contributed by atoms with Gasteiger partial charge in [0.1, 0.15) is 6.26 Å². The monoisotopic (exact) mass is 237 g/mol. The Hall–Kier alpha value is -1.36. The molecule has 1 aliphatic carbocycles. The SMILES string of the molecule is NCC1(CC(=O)Nc2ccon2)CCCCC1. The van der Waals surface area contributed by atoms with Crippen LogP contribution in [-0.2, 0) is 4.79 Å². The Morgan fingerprint density at radius 3 is 2.82 bits per heavy atom. The maximum absolute atomic E-state index is 11.9. The first kappa shape index (κ1) is 12.1. The van der Waals surface area contributed by atoms with Gasteiger partial charge in [0.2, 0.25) is 5.91 Å². The Bertz CT molecular complexity index is 356. The van der Waals surface area contributed by atoms with Crippen molar-refractivity contribution in [3.8, 4) is 0 Å². The molecule has 17 heavy (non-hydrogen) atoms. The molecule has 0 bridgehead atoms. The predicted molar refractivity (Wildman–Crippen MR) is 64.3 cm³/mol. The molecule has 2 rings (SSSR count). The number of anilines is 1. The number of amides is 1. The summed E-state index contributed by atoms with van der Waals surface area (Å²) in [6.07, 6.45) is 7.63. The summed E-state index contributed by atoms with van der Waals surface area (Å²) in [4.78, 5) is 11.9. The number of aromatic nitrogens is 1. The number of nitrogens with one attached hydrogen (secondary N) is 1. The van der Waals surface area contributed by atoms with Gasteiger partial charge in [-0.2, -0.15) is 0 Å². The lowest BCUT2D eigenvalue weighted by molar-refractivity contribution is -0.118. The minimum Gasteiger partial charge on any atom is -0.363 e. The summed E-state index contributed by atoms with van der Waals surface area (Å²) < 4.78 is 4.67. The largest absolute Gasteiger partial charge is 0.363 e. The third-order valence-electron chi connectivity index (χ3n) is 3.59. The molecular formula is C12H19N3O2. The highest BCUT2D eigenvalue weighted by Gasteiger charge is 2.33.